The number of hydrogen-bond donors (Lipinski definition) is 1. The summed E-state index contributed by atoms with van der Waals surface area (Å²) in [6.45, 7) is 0.579. The van der Waals surface area contributed by atoms with Gasteiger partial charge in [0.2, 0.25) is 0 Å². The smallest absolute Gasteiger partial charge is 0.155 e. The molecular weight excluding hydrogens is 392 g/mol. The van der Waals surface area contributed by atoms with Crippen molar-refractivity contribution in [1.29, 1.82) is 0 Å². The van der Waals surface area contributed by atoms with Crippen molar-refractivity contribution in [1.82, 2.24) is 14.4 Å². The molecule has 4 aromatic heterocycles. The Morgan fingerprint density at radius 2 is 1.97 bits per heavy atom. The van der Waals surface area contributed by atoms with Gasteiger partial charge in [0.25, 0.3) is 0 Å². The quantitative estimate of drug-likeness (QED) is 0.253. The van der Waals surface area contributed by atoms with Gasteiger partial charge in [0, 0.05) is 30.2 Å². The average Bonchev–Trinajstić information content (AvgIpc) is 3.30. The Labute approximate surface area is 177 Å². The molecule has 0 bridgehead atoms. The number of nitrogens with zero attached hydrogens (tertiary/aromatic N) is 4. The van der Waals surface area contributed by atoms with Crippen molar-refractivity contribution in [2.45, 2.75) is 12.8 Å². The summed E-state index contributed by atoms with van der Waals surface area (Å²) in [6, 6.07) is 17.1. The van der Waals surface area contributed by atoms with Gasteiger partial charge in [-0.2, -0.15) is 0 Å². The van der Waals surface area contributed by atoms with Crippen LogP contribution in [-0.4, -0.2) is 26.2 Å². The predicted octanol–water partition coefficient (Wildman–Crippen LogP) is 4.44. The Kier molecular flexibility index (Phi) is 5.06. The van der Waals surface area contributed by atoms with E-state index >= 15 is 0 Å². The van der Waals surface area contributed by atoms with Crippen molar-refractivity contribution in [2.24, 2.45) is 5.16 Å². The van der Waals surface area contributed by atoms with Crippen LogP contribution in [0.3, 0.4) is 0 Å². The van der Waals surface area contributed by atoms with Crippen molar-refractivity contribution < 1.29 is 14.4 Å². The van der Waals surface area contributed by atoms with Gasteiger partial charge >= 0.3 is 0 Å². The molecule has 0 unspecified atom stereocenters. The molecule has 0 aliphatic heterocycles. The third-order valence-corrected chi connectivity index (χ3v) is 5.12. The predicted molar refractivity (Wildman–Crippen MR) is 116 cm³/mol. The lowest BCUT2D eigenvalue weighted by Gasteiger charge is -2.08. The summed E-state index contributed by atoms with van der Waals surface area (Å²) in [7, 11) is 0. The average molecular weight is 412 g/mol. The number of benzene rings is 1. The molecule has 7 nitrogen and oxygen atoms in total. The zero-order valence-electron chi connectivity index (χ0n) is 16.7. The standard InChI is InChI=1S/C24H20N4O3/c29-27-21-15-24(22-13-18-4-1-11-28(18)16-26-22)31-23-6-5-19(14-20(21)23)30-12-2-3-17-7-9-25-10-8-17/h1,4-11,13-16,29H,2-3,12H2/b27-21+. The summed E-state index contributed by atoms with van der Waals surface area (Å²) < 4.78 is 13.9. The summed E-state index contributed by atoms with van der Waals surface area (Å²) in [4.78, 5) is 8.47. The Bertz CT molecular complexity index is 1410. The topological polar surface area (TPSA) is 85.2 Å². The molecule has 0 saturated carbocycles. The number of aromatic nitrogens is 3. The van der Waals surface area contributed by atoms with E-state index in [1.54, 1.807) is 24.8 Å². The molecule has 0 aliphatic carbocycles. The largest absolute Gasteiger partial charge is 0.494 e. The maximum Gasteiger partial charge on any atom is 0.155 e. The van der Waals surface area contributed by atoms with E-state index in [1.807, 2.05) is 59.1 Å². The first-order chi connectivity index (χ1) is 15.3. The summed E-state index contributed by atoms with van der Waals surface area (Å²) >= 11 is 0. The van der Waals surface area contributed by atoms with E-state index in [9.17, 15) is 5.21 Å². The fourth-order valence-electron chi connectivity index (χ4n) is 3.53. The second-order valence-corrected chi connectivity index (χ2v) is 7.18. The van der Waals surface area contributed by atoms with Crippen molar-refractivity contribution >= 4 is 16.5 Å². The van der Waals surface area contributed by atoms with Crippen molar-refractivity contribution in [3.05, 3.63) is 90.4 Å². The van der Waals surface area contributed by atoms with Gasteiger partial charge in [0.05, 0.1) is 18.3 Å². The summed E-state index contributed by atoms with van der Waals surface area (Å²) in [5.74, 6) is 1.22. The van der Waals surface area contributed by atoms with Crippen molar-refractivity contribution in [2.75, 3.05) is 6.61 Å². The van der Waals surface area contributed by atoms with Crippen LogP contribution in [0.4, 0.5) is 0 Å². The molecule has 154 valence electrons. The van der Waals surface area contributed by atoms with Crippen LogP contribution in [0.2, 0.25) is 0 Å². The highest BCUT2D eigenvalue weighted by molar-refractivity contribution is 5.80. The summed E-state index contributed by atoms with van der Waals surface area (Å²) in [5.41, 5.74) is 3.48. The van der Waals surface area contributed by atoms with Crippen LogP contribution in [0, 0.1) is 0 Å². The van der Waals surface area contributed by atoms with Gasteiger partial charge in [-0.15, -0.1) is 0 Å². The fraction of sp³-hybridized carbons (Fsp3) is 0.125. The van der Waals surface area contributed by atoms with E-state index in [4.69, 9.17) is 9.15 Å². The second-order valence-electron chi connectivity index (χ2n) is 7.18. The van der Waals surface area contributed by atoms with Crippen LogP contribution in [-0.2, 0) is 6.42 Å². The number of aryl methyl sites for hydroxylation is 1. The number of hydrogen-bond acceptors (Lipinski definition) is 6. The molecule has 0 aliphatic rings. The normalized spacial score (nSPS) is 11.9. The molecule has 7 heteroatoms. The van der Waals surface area contributed by atoms with E-state index in [1.165, 1.54) is 5.56 Å². The number of fused-ring (bicyclic) bond motifs is 2. The number of pyridine rings is 1. The zero-order chi connectivity index (χ0) is 21.0. The van der Waals surface area contributed by atoms with E-state index in [-0.39, 0.29) is 0 Å². The molecule has 0 saturated heterocycles. The Hall–Kier alpha value is -4.13. The highest BCUT2D eigenvalue weighted by atomic mass is 16.5. The third kappa shape index (κ3) is 3.98. The Morgan fingerprint density at radius 3 is 2.84 bits per heavy atom. The van der Waals surface area contributed by atoms with Crippen molar-refractivity contribution in [3.8, 4) is 17.2 Å². The lowest BCUT2D eigenvalue weighted by Crippen LogP contribution is -2.05. The number of rotatable bonds is 6. The SMILES string of the molecule is O/N=c1\cc(-c2cc3cccn3cn2)oc2ccc(OCCCc3ccncc3)cc12. The molecule has 5 aromatic rings. The molecule has 0 radical (unpaired) electrons. The molecule has 0 fully saturated rings. The number of ether oxygens (including phenoxy) is 1. The maximum atomic E-state index is 9.59. The molecule has 31 heavy (non-hydrogen) atoms. The zero-order valence-corrected chi connectivity index (χ0v) is 16.7. The van der Waals surface area contributed by atoms with Gasteiger partial charge < -0.3 is 18.8 Å². The van der Waals surface area contributed by atoms with Gasteiger partial charge in [0.15, 0.2) is 5.76 Å². The van der Waals surface area contributed by atoms with Crippen LogP contribution >= 0.6 is 0 Å². The Morgan fingerprint density at radius 1 is 1.06 bits per heavy atom. The van der Waals surface area contributed by atoms with E-state index in [0.29, 0.717) is 40.1 Å². The van der Waals surface area contributed by atoms with E-state index in [0.717, 1.165) is 18.4 Å². The van der Waals surface area contributed by atoms with Crippen LogP contribution in [0.5, 0.6) is 5.75 Å². The molecule has 1 aromatic carbocycles. The van der Waals surface area contributed by atoms with E-state index < -0.39 is 0 Å². The van der Waals surface area contributed by atoms with Crippen LogP contribution < -0.4 is 10.1 Å². The van der Waals surface area contributed by atoms with Gasteiger partial charge in [-0.25, -0.2) is 4.98 Å². The van der Waals surface area contributed by atoms with Gasteiger partial charge in [0.1, 0.15) is 22.4 Å². The lowest BCUT2D eigenvalue weighted by molar-refractivity contribution is 0.302. The minimum absolute atomic E-state index is 0.399. The minimum atomic E-state index is 0.399. The van der Waals surface area contributed by atoms with Crippen LogP contribution in [0.15, 0.2) is 89.1 Å². The maximum absolute atomic E-state index is 9.59. The monoisotopic (exact) mass is 412 g/mol. The van der Waals surface area contributed by atoms with E-state index in [2.05, 4.69) is 15.1 Å². The minimum Gasteiger partial charge on any atom is -0.494 e. The second kappa shape index (κ2) is 8.31. The fourth-order valence-corrected chi connectivity index (χ4v) is 3.53. The third-order valence-electron chi connectivity index (χ3n) is 5.12. The first-order valence-electron chi connectivity index (χ1n) is 10.0. The summed E-state index contributed by atoms with van der Waals surface area (Å²) in [5, 5.41) is 14.1. The molecule has 4 heterocycles. The Balaban J connectivity index is 1.38. The first-order valence-corrected chi connectivity index (χ1v) is 10.0. The molecular formula is C24H20N4O3. The summed E-state index contributed by atoms with van der Waals surface area (Å²) in [6.07, 6.45) is 9.05. The van der Waals surface area contributed by atoms with Gasteiger partial charge in [-0.1, -0.05) is 5.16 Å². The lowest BCUT2D eigenvalue weighted by atomic mass is 10.1. The molecule has 0 atom stereocenters. The van der Waals surface area contributed by atoms with Gasteiger partial charge in [-0.05, 0) is 66.9 Å². The molecule has 1 N–H and O–H groups in total. The van der Waals surface area contributed by atoms with Crippen molar-refractivity contribution in [3.63, 3.8) is 0 Å². The highest BCUT2D eigenvalue weighted by Crippen LogP contribution is 2.24. The van der Waals surface area contributed by atoms with Crippen LogP contribution in [0.1, 0.15) is 12.0 Å². The molecule has 5 rings (SSSR count). The van der Waals surface area contributed by atoms with Crippen LogP contribution in [0.25, 0.3) is 27.9 Å². The highest BCUT2D eigenvalue weighted by Gasteiger charge is 2.10. The molecule has 0 amide bonds. The first kappa shape index (κ1) is 18.9. The van der Waals surface area contributed by atoms with Gasteiger partial charge in [-0.3, -0.25) is 4.98 Å². The molecule has 0 spiro atoms.